The molecule has 2 rings (SSSR count). The summed E-state index contributed by atoms with van der Waals surface area (Å²) >= 11 is 1.36. The molecule has 0 aliphatic carbocycles. The predicted octanol–water partition coefficient (Wildman–Crippen LogP) is 0.673. The van der Waals surface area contributed by atoms with E-state index in [-0.39, 0.29) is 24.7 Å². The Hall–Kier alpha value is -0.980. The number of carbonyl (C=O) groups is 1. The Balaban J connectivity index is 2.15. The second kappa shape index (κ2) is 5.12. The van der Waals surface area contributed by atoms with Gasteiger partial charge >= 0.3 is 0 Å². The lowest BCUT2D eigenvalue weighted by Crippen LogP contribution is -2.52. The minimum Gasteiger partial charge on any atom is -0.394 e. The summed E-state index contributed by atoms with van der Waals surface area (Å²) in [6.45, 7) is 4.63. The average Bonchev–Trinajstić information content (AvgIpc) is 2.75. The molecular formula is C11H16N2O3S. The van der Waals surface area contributed by atoms with E-state index in [1.165, 1.54) is 11.3 Å². The van der Waals surface area contributed by atoms with Gasteiger partial charge in [-0.05, 0) is 13.8 Å². The third-order valence-corrected chi connectivity index (χ3v) is 3.83. The number of ether oxygens (including phenoxy) is 1. The molecule has 2 heterocycles. The van der Waals surface area contributed by atoms with Crippen LogP contribution < -0.4 is 0 Å². The molecule has 2 unspecified atom stereocenters. The number of aliphatic hydroxyl groups is 1. The zero-order chi connectivity index (χ0) is 12.4. The van der Waals surface area contributed by atoms with Crippen molar-refractivity contribution >= 4 is 17.2 Å². The first-order chi connectivity index (χ1) is 8.13. The number of carbonyl (C=O) groups excluding carboxylic acids is 1. The molecule has 0 radical (unpaired) electrons. The monoisotopic (exact) mass is 256 g/mol. The highest BCUT2D eigenvalue weighted by Crippen LogP contribution is 2.20. The standard InChI is InChI=1S/C11H16N2O3S/c1-7-5-16-9(4-14)3-13(7)11(15)10-8(2)12-6-17-10/h6-7,9,14H,3-5H2,1-2H3. The van der Waals surface area contributed by atoms with Gasteiger partial charge in [-0.2, -0.15) is 0 Å². The normalized spacial score (nSPS) is 25.0. The maximum Gasteiger partial charge on any atom is 0.266 e. The van der Waals surface area contributed by atoms with Crippen molar-refractivity contribution in [1.29, 1.82) is 0 Å². The van der Waals surface area contributed by atoms with Gasteiger partial charge in [0, 0.05) is 6.54 Å². The molecule has 1 N–H and O–H groups in total. The number of morpholine rings is 1. The molecule has 1 aromatic heterocycles. The van der Waals surface area contributed by atoms with E-state index in [0.717, 1.165) is 5.69 Å². The largest absolute Gasteiger partial charge is 0.394 e. The molecule has 5 nitrogen and oxygen atoms in total. The van der Waals surface area contributed by atoms with Crippen molar-refractivity contribution in [2.24, 2.45) is 0 Å². The van der Waals surface area contributed by atoms with E-state index >= 15 is 0 Å². The SMILES string of the molecule is Cc1ncsc1C(=O)N1CC(CO)OCC1C. The summed E-state index contributed by atoms with van der Waals surface area (Å²) in [5.41, 5.74) is 2.44. The van der Waals surface area contributed by atoms with Gasteiger partial charge in [0.15, 0.2) is 0 Å². The molecule has 94 valence electrons. The maximum absolute atomic E-state index is 12.3. The third kappa shape index (κ3) is 2.48. The number of amides is 1. The highest BCUT2D eigenvalue weighted by atomic mass is 32.1. The number of nitrogens with zero attached hydrogens (tertiary/aromatic N) is 2. The van der Waals surface area contributed by atoms with E-state index < -0.39 is 0 Å². The van der Waals surface area contributed by atoms with E-state index in [9.17, 15) is 4.79 Å². The van der Waals surface area contributed by atoms with E-state index in [2.05, 4.69) is 4.98 Å². The van der Waals surface area contributed by atoms with Crippen LogP contribution in [-0.2, 0) is 4.74 Å². The number of aryl methyl sites for hydroxylation is 1. The molecule has 0 aromatic carbocycles. The zero-order valence-corrected chi connectivity index (χ0v) is 10.7. The number of hydrogen-bond acceptors (Lipinski definition) is 5. The van der Waals surface area contributed by atoms with Crippen molar-refractivity contribution in [2.75, 3.05) is 19.8 Å². The summed E-state index contributed by atoms with van der Waals surface area (Å²) in [6, 6.07) is 0.0341. The van der Waals surface area contributed by atoms with Crippen LogP contribution in [-0.4, -0.2) is 52.8 Å². The number of hydrogen-bond donors (Lipinski definition) is 1. The highest BCUT2D eigenvalue weighted by molar-refractivity contribution is 7.11. The van der Waals surface area contributed by atoms with Crippen LogP contribution >= 0.6 is 11.3 Å². The fourth-order valence-corrected chi connectivity index (χ4v) is 2.61. The molecule has 0 saturated carbocycles. The van der Waals surface area contributed by atoms with Crippen molar-refractivity contribution in [2.45, 2.75) is 26.0 Å². The van der Waals surface area contributed by atoms with E-state index in [4.69, 9.17) is 9.84 Å². The van der Waals surface area contributed by atoms with E-state index in [0.29, 0.717) is 18.0 Å². The van der Waals surface area contributed by atoms with Crippen LogP contribution in [0.3, 0.4) is 0 Å². The fraction of sp³-hybridized carbons (Fsp3) is 0.636. The molecule has 1 aromatic rings. The van der Waals surface area contributed by atoms with Crippen LogP contribution in [0.2, 0.25) is 0 Å². The Morgan fingerprint density at radius 2 is 2.53 bits per heavy atom. The van der Waals surface area contributed by atoms with E-state index in [1.54, 1.807) is 10.4 Å². The summed E-state index contributed by atoms with van der Waals surface area (Å²) in [6.07, 6.45) is -0.275. The Kier molecular flexibility index (Phi) is 3.76. The fourth-order valence-electron chi connectivity index (χ4n) is 1.85. The van der Waals surface area contributed by atoms with Gasteiger partial charge in [0.25, 0.3) is 5.91 Å². The third-order valence-electron chi connectivity index (χ3n) is 2.91. The van der Waals surface area contributed by atoms with E-state index in [1.807, 2.05) is 13.8 Å². The van der Waals surface area contributed by atoms with Crippen LogP contribution in [0.5, 0.6) is 0 Å². The molecule has 1 amide bonds. The summed E-state index contributed by atoms with van der Waals surface area (Å²) < 4.78 is 5.41. The summed E-state index contributed by atoms with van der Waals surface area (Å²) in [4.78, 5) is 18.8. The Morgan fingerprint density at radius 3 is 3.12 bits per heavy atom. The first-order valence-corrected chi connectivity index (χ1v) is 6.45. The molecule has 0 bridgehead atoms. The molecule has 0 spiro atoms. The van der Waals surface area contributed by atoms with Crippen LogP contribution in [0, 0.1) is 6.92 Å². The molecule has 2 atom stereocenters. The van der Waals surface area contributed by atoms with Gasteiger partial charge < -0.3 is 14.7 Å². The quantitative estimate of drug-likeness (QED) is 0.845. The average molecular weight is 256 g/mol. The van der Waals surface area contributed by atoms with Crippen molar-refractivity contribution in [3.8, 4) is 0 Å². The highest BCUT2D eigenvalue weighted by Gasteiger charge is 2.31. The van der Waals surface area contributed by atoms with Gasteiger partial charge in [-0.1, -0.05) is 0 Å². The summed E-state index contributed by atoms with van der Waals surface area (Å²) in [7, 11) is 0. The first-order valence-electron chi connectivity index (χ1n) is 5.57. The lowest BCUT2D eigenvalue weighted by Gasteiger charge is -2.37. The minimum absolute atomic E-state index is 0.0146. The van der Waals surface area contributed by atoms with Crippen molar-refractivity contribution < 1.29 is 14.6 Å². The molecule has 1 aliphatic heterocycles. The molecule has 6 heteroatoms. The molecule has 1 aliphatic rings. The van der Waals surface area contributed by atoms with Crippen molar-refractivity contribution in [3.05, 3.63) is 16.1 Å². The topological polar surface area (TPSA) is 62.7 Å². The maximum atomic E-state index is 12.3. The molecule has 1 saturated heterocycles. The molecular weight excluding hydrogens is 240 g/mol. The van der Waals surface area contributed by atoms with Gasteiger partial charge in [0.2, 0.25) is 0 Å². The Morgan fingerprint density at radius 1 is 1.76 bits per heavy atom. The number of rotatable bonds is 2. The molecule has 1 fully saturated rings. The van der Waals surface area contributed by atoms with Gasteiger partial charge in [-0.3, -0.25) is 4.79 Å². The second-order valence-corrected chi connectivity index (χ2v) is 5.07. The smallest absolute Gasteiger partial charge is 0.266 e. The number of aromatic nitrogens is 1. The van der Waals surface area contributed by atoms with Crippen molar-refractivity contribution in [1.82, 2.24) is 9.88 Å². The van der Waals surface area contributed by atoms with Crippen LogP contribution in [0.1, 0.15) is 22.3 Å². The van der Waals surface area contributed by atoms with Crippen molar-refractivity contribution in [3.63, 3.8) is 0 Å². The van der Waals surface area contributed by atoms with Crippen LogP contribution in [0.25, 0.3) is 0 Å². The predicted molar refractivity (Wildman–Crippen MR) is 64.2 cm³/mol. The van der Waals surface area contributed by atoms with Crippen LogP contribution in [0.4, 0.5) is 0 Å². The zero-order valence-electron chi connectivity index (χ0n) is 9.92. The number of thiazole rings is 1. The van der Waals surface area contributed by atoms with Crippen LogP contribution in [0.15, 0.2) is 5.51 Å². The number of aliphatic hydroxyl groups excluding tert-OH is 1. The van der Waals surface area contributed by atoms with Gasteiger partial charge in [-0.15, -0.1) is 11.3 Å². The lowest BCUT2D eigenvalue weighted by molar-refractivity contribution is -0.0666. The lowest BCUT2D eigenvalue weighted by atomic mass is 10.2. The summed E-state index contributed by atoms with van der Waals surface area (Å²) in [5, 5.41) is 9.09. The second-order valence-electron chi connectivity index (χ2n) is 4.21. The molecule has 17 heavy (non-hydrogen) atoms. The summed E-state index contributed by atoms with van der Waals surface area (Å²) in [5.74, 6) is -0.0146. The van der Waals surface area contributed by atoms with Gasteiger partial charge in [0.05, 0.1) is 36.6 Å². The first kappa shape index (κ1) is 12.5. The van der Waals surface area contributed by atoms with Gasteiger partial charge in [0.1, 0.15) is 4.88 Å². The minimum atomic E-state index is -0.275. The van der Waals surface area contributed by atoms with Gasteiger partial charge in [-0.25, -0.2) is 4.98 Å². The Labute approximate surface area is 104 Å². The Bertz CT molecular complexity index is 407.